The Labute approximate surface area is 124 Å². The Bertz CT molecular complexity index is 728. The minimum Gasteiger partial charge on any atom is -0.478 e. The van der Waals surface area contributed by atoms with Gasteiger partial charge in [0.15, 0.2) is 0 Å². The molecule has 4 nitrogen and oxygen atoms in total. The lowest BCUT2D eigenvalue weighted by Crippen LogP contribution is -2.04. The third kappa shape index (κ3) is 3.03. The van der Waals surface area contributed by atoms with E-state index in [1.165, 1.54) is 25.3 Å². The van der Waals surface area contributed by atoms with Gasteiger partial charge in [-0.1, -0.05) is 23.7 Å². The van der Waals surface area contributed by atoms with E-state index in [2.05, 4.69) is 4.74 Å². The summed E-state index contributed by atoms with van der Waals surface area (Å²) in [6, 6.07) is 7.96. The van der Waals surface area contributed by atoms with Crippen molar-refractivity contribution in [3.63, 3.8) is 0 Å². The van der Waals surface area contributed by atoms with Crippen molar-refractivity contribution in [1.29, 1.82) is 0 Å². The maximum absolute atomic E-state index is 13.7. The monoisotopic (exact) mass is 308 g/mol. The highest BCUT2D eigenvalue weighted by molar-refractivity contribution is 6.34. The Balaban J connectivity index is 2.68. The quantitative estimate of drug-likeness (QED) is 0.879. The number of ether oxygens (including phenoxy) is 1. The van der Waals surface area contributed by atoms with E-state index in [4.69, 9.17) is 11.6 Å². The van der Waals surface area contributed by atoms with Crippen molar-refractivity contribution in [1.82, 2.24) is 0 Å². The zero-order valence-electron chi connectivity index (χ0n) is 10.9. The third-order valence-electron chi connectivity index (χ3n) is 2.86. The molecule has 0 unspecified atom stereocenters. The first-order valence-corrected chi connectivity index (χ1v) is 6.23. The van der Waals surface area contributed by atoms with Gasteiger partial charge in [-0.15, -0.1) is 0 Å². The van der Waals surface area contributed by atoms with E-state index in [9.17, 15) is 19.1 Å². The molecule has 0 spiro atoms. The molecule has 0 fully saturated rings. The molecule has 0 aromatic heterocycles. The van der Waals surface area contributed by atoms with Crippen LogP contribution in [0.25, 0.3) is 11.1 Å². The molecule has 0 radical (unpaired) electrons. The summed E-state index contributed by atoms with van der Waals surface area (Å²) >= 11 is 5.88. The van der Waals surface area contributed by atoms with Crippen molar-refractivity contribution in [3.8, 4) is 11.1 Å². The van der Waals surface area contributed by atoms with Crippen LogP contribution in [0.1, 0.15) is 20.7 Å². The fraction of sp³-hybridized carbons (Fsp3) is 0.0667. The summed E-state index contributed by atoms with van der Waals surface area (Å²) in [7, 11) is 1.18. The first-order chi connectivity index (χ1) is 9.93. The Morgan fingerprint density at radius 2 is 1.95 bits per heavy atom. The van der Waals surface area contributed by atoms with Crippen molar-refractivity contribution >= 4 is 23.5 Å². The summed E-state index contributed by atoms with van der Waals surface area (Å²) in [6.45, 7) is 0. The van der Waals surface area contributed by atoms with Gasteiger partial charge < -0.3 is 9.84 Å². The summed E-state index contributed by atoms with van der Waals surface area (Å²) in [6.07, 6.45) is 0. The molecule has 2 aromatic carbocycles. The molecule has 0 aliphatic carbocycles. The fourth-order valence-electron chi connectivity index (χ4n) is 1.96. The molecule has 21 heavy (non-hydrogen) atoms. The van der Waals surface area contributed by atoms with Crippen molar-refractivity contribution in [3.05, 3.63) is 58.4 Å². The summed E-state index contributed by atoms with van der Waals surface area (Å²) < 4.78 is 18.2. The Morgan fingerprint density at radius 1 is 1.24 bits per heavy atom. The molecule has 0 saturated carbocycles. The number of methoxy groups -OCH3 is 1. The number of carboxylic acid groups (broad SMARTS) is 1. The second kappa shape index (κ2) is 5.93. The van der Waals surface area contributed by atoms with Crippen LogP contribution in [0.3, 0.4) is 0 Å². The van der Waals surface area contributed by atoms with Gasteiger partial charge >= 0.3 is 11.9 Å². The molecule has 0 aliphatic rings. The van der Waals surface area contributed by atoms with Crippen LogP contribution < -0.4 is 0 Å². The Kier molecular flexibility index (Phi) is 4.23. The van der Waals surface area contributed by atoms with Gasteiger partial charge in [0.2, 0.25) is 0 Å². The standard InChI is InChI=1S/C15H10ClFO4/c1-21-15(20)9-5-8(6-10(17)7-9)11-3-2-4-12(16)13(11)14(18)19/h2-7H,1H3,(H,18,19). The van der Waals surface area contributed by atoms with Crippen molar-refractivity contribution in [2.45, 2.75) is 0 Å². The molecule has 2 aromatic rings. The van der Waals surface area contributed by atoms with E-state index >= 15 is 0 Å². The highest BCUT2D eigenvalue weighted by Gasteiger charge is 2.18. The minimum atomic E-state index is -1.24. The number of aromatic carboxylic acids is 1. The predicted octanol–water partition coefficient (Wildman–Crippen LogP) is 3.63. The molecule has 0 atom stereocenters. The van der Waals surface area contributed by atoms with E-state index in [0.29, 0.717) is 0 Å². The van der Waals surface area contributed by atoms with Gasteiger partial charge in [-0.05, 0) is 35.4 Å². The number of carboxylic acids is 1. The van der Waals surface area contributed by atoms with Gasteiger partial charge in [0.1, 0.15) is 5.82 Å². The maximum Gasteiger partial charge on any atom is 0.337 e. The molecule has 0 saturated heterocycles. The summed E-state index contributed by atoms with van der Waals surface area (Å²) in [5.41, 5.74) is 0.291. The number of rotatable bonds is 3. The van der Waals surface area contributed by atoms with Crippen molar-refractivity contribution in [2.24, 2.45) is 0 Å². The van der Waals surface area contributed by atoms with Crippen LogP contribution >= 0.6 is 11.6 Å². The smallest absolute Gasteiger partial charge is 0.337 e. The van der Waals surface area contributed by atoms with E-state index in [1.54, 1.807) is 6.07 Å². The first-order valence-electron chi connectivity index (χ1n) is 5.85. The molecular weight excluding hydrogens is 299 g/mol. The van der Waals surface area contributed by atoms with Crippen LogP contribution in [0.15, 0.2) is 36.4 Å². The largest absolute Gasteiger partial charge is 0.478 e. The maximum atomic E-state index is 13.7. The first kappa shape index (κ1) is 15.0. The van der Waals surface area contributed by atoms with Crippen LogP contribution in [0, 0.1) is 5.82 Å². The second-order valence-corrected chi connectivity index (χ2v) is 4.59. The van der Waals surface area contributed by atoms with E-state index < -0.39 is 17.8 Å². The third-order valence-corrected chi connectivity index (χ3v) is 3.17. The normalized spacial score (nSPS) is 10.2. The molecule has 108 valence electrons. The zero-order valence-corrected chi connectivity index (χ0v) is 11.6. The predicted molar refractivity (Wildman–Crippen MR) is 75.1 cm³/mol. The van der Waals surface area contributed by atoms with E-state index in [0.717, 1.165) is 12.1 Å². The highest BCUT2D eigenvalue weighted by atomic mass is 35.5. The molecule has 2 rings (SSSR count). The minimum absolute atomic E-state index is 0.0104. The molecular formula is C15H10ClFO4. The lowest BCUT2D eigenvalue weighted by Gasteiger charge is -2.09. The summed E-state index contributed by atoms with van der Waals surface area (Å²) in [5, 5.41) is 9.26. The lowest BCUT2D eigenvalue weighted by molar-refractivity contribution is 0.0599. The average molecular weight is 309 g/mol. The van der Waals surface area contributed by atoms with Crippen molar-refractivity contribution in [2.75, 3.05) is 7.11 Å². The molecule has 0 amide bonds. The molecule has 1 N–H and O–H groups in total. The number of benzene rings is 2. The van der Waals surface area contributed by atoms with Crippen LogP contribution in [-0.4, -0.2) is 24.2 Å². The summed E-state index contributed by atoms with van der Waals surface area (Å²) in [5.74, 6) is -2.63. The van der Waals surface area contributed by atoms with Crippen LogP contribution in [0.5, 0.6) is 0 Å². The highest BCUT2D eigenvalue weighted by Crippen LogP contribution is 2.30. The van der Waals surface area contributed by atoms with Crippen molar-refractivity contribution < 1.29 is 23.8 Å². The van der Waals surface area contributed by atoms with Gasteiger partial charge in [-0.3, -0.25) is 0 Å². The second-order valence-electron chi connectivity index (χ2n) is 4.19. The number of halogens is 2. The number of hydrogen-bond donors (Lipinski definition) is 1. The molecule has 0 bridgehead atoms. The molecule has 0 aliphatic heterocycles. The number of carbonyl (C=O) groups is 2. The number of carbonyl (C=O) groups excluding carboxylic acids is 1. The van der Waals surface area contributed by atoms with Gasteiger partial charge in [0.25, 0.3) is 0 Å². The van der Waals surface area contributed by atoms with Gasteiger partial charge in [0.05, 0.1) is 23.3 Å². The topological polar surface area (TPSA) is 63.6 Å². The summed E-state index contributed by atoms with van der Waals surface area (Å²) in [4.78, 5) is 22.8. The zero-order chi connectivity index (χ0) is 15.6. The van der Waals surface area contributed by atoms with E-state index in [-0.39, 0.29) is 27.3 Å². The van der Waals surface area contributed by atoms with Gasteiger partial charge in [-0.25, -0.2) is 14.0 Å². The lowest BCUT2D eigenvalue weighted by atomic mass is 9.98. The van der Waals surface area contributed by atoms with Crippen LogP contribution in [0.2, 0.25) is 5.02 Å². The Hall–Kier alpha value is -2.40. The van der Waals surface area contributed by atoms with Gasteiger partial charge in [-0.2, -0.15) is 0 Å². The van der Waals surface area contributed by atoms with Crippen LogP contribution in [-0.2, 0) is 4.74 Å². The number of esters is 1. The number of hydrogen-bond acceptors (Lipinski definition) is 3. The SMILES string of the molecule is COC(=O)c1cc(F)cc(-c2cccc(Cl)c2C(=O)O)c1. The van der Waals surface area contributed by atoms with Gasteiger partial charge in [0, 0.05) is 0 Å². The molecule has 6 heteroatoms. The molecule has 0 heterocycles. The fourth-order valence-corrected chi connectivity index (χ4v) is 2.22. The average Bonchev–Trinajstić information content (AvgIpc) is 2.45. The Morgan fingerprint density at radius 3 is 2.57 bits per heavy atom. The van der Waals surface area contributed by atoms with Crippen LogP contribution in [0.4, 0.5) is 4.39 Å². The van der Waals surface area contributed by atoms with E-state index in [1.807, 2.05) is 0 Å².